The van der Waals surface area contributed by atoms with E-state index in [0.717, 1.165) is 16.3 Å². The van der Waals surface area contributed by atoms with Crippen LogP contribution in [0, 0.1) is 5.82 Å². The van der Waals surface area contributed by atoms with Crippen LogP contribution < -0.4 is 10.9 Å². The SMILES string of the molecule is O=C(Cc1cccc2ccccc12)NCCn1nc(-c2ccc(F)cc2)ccc1=O. The highest BCUT2D eigenvalue weighted by Crippen LogP contribution is 2.19. The summed E-state index contributed by atoms with van der Waals surface area (Å²) in [5.41, 5.74) is 1.98. The Bertz CT molecular complexity index is 1240. The van der Waals surface area contributed by atoms with Gasteiger partial charge in [-0.2, -0.15) is 5.10 Å². The van der Waals surface area contributed by atoms with Gasteiger partial charge in [0.1, 0.15) is 5.82 Å². The van der Waals surface area contributed by atoms with Crippen LogP contribution in [0.2, 0.25) is 0 Å². The number of carbonyl (C=O) groups is 1. The smallest absolute Gasteiger partial charge is 0.266 e. The van der Waals surface area contributed by atoms with E-state index in [1.165, 1.54) is 22.9 Å². The zero-order chi connectivity index (χ0) is 20.9. The van der Waals surface area contributed by atoms with Crippen molar-refractivity contribution in [2.24, 2.45) is 0 Å². The fourth-order valence-corrected chi connectivity index (χ4v) is 3.37. The van der Waals surface area contributed by atoms with Crippen LogP contribution in [0.5, 0.6) is 0 Å². The van der Waals surface area contributed by atoms with E-state index >= 15 is 0 Å². The Morgan fingerprint density at radius 1 is 0.933 bits per heavy atom. The molecule has 5 nitrogen and oxygen atoms in total. The Morgan fingerprint density at radius 3 is 2.53 bits per heavy atom. The first-order valence-electron chi connectivity index (χ1n) is 9.67. The molecule has 1 aromatic heterocycles. The van der Waals surface area contributed by atoms with Crippen LogP contribution >= 0.6 is 0 Å². The van der Waals surface area contributed by atoms with Crippen LogP contribution in [0.1, 0.15) is 5.56 Å². The fraction of sp³-hybridized carbons (Fsp3) is 0.125. The summed E-state index contributed by atoms with van der Waals surface area (Å²) in [5.74, 6) is -0.449. The van der Waals surface area contributed by atoms with Gasteiger partial charge in [0.25, 0.3) is 5.56 Å². The van der Waals surface area contributed by atoms with E-state index in [4.69, 9.17) is 0 Å². The molecule has 3 aromatic carbocycles. The van der Waals surface area contributed by atoms with Gasteiger partial charge in [-0.1, -0.05) is 42.5 Å². The molecule has 1 N–H and O–H groups in total. The summed E-state index contributed by atoms with van der Waals surface area (Å²) in [7, 11) is 0. The molecule has 6 heteroatoms. The average molecular weight is 401 g/mol. The van der Waals surface area contributed by atoms with Crippen LogP contribution in [0.25, 0.3) is 22.0 Å². The van der Waals surface area contributed by atoms with Gasteiger partial charge in [-0.15, -0.1) is 0 Å². The normalized spacial score (nSPS) is 10.8. The molecule has 0 fully saturated rings. The molecule has 4 rings (SSSR count). The molecule has 0 spiro atoms. The summed E-state index contributed by atoms with van der Waals surface area (Å²) in [4.78, 5) is 24.5. The summed E-state index contributed by atoms with van der Waals surface area (Å²) >= 11 is 0. The molecule has 30 heavy (non-hydrogen) atoms. The number of benzene rings is 3. The van der Waals surface area contributed by atoms with Crippen LogP contribution in [-0.4, -0.2) is 22.2 Å². The second-order valence-corrected chi connectivity index (χ2v) is 6.95. The maximum atomic E-state index is 13.1. The molecule has 0 bridgehead atoms. The van der Waals surface area contributed by atoms with Crippen molar-refractivity contribution < 1.29 is 9.18 Å². The molecule has 0 aliphatic heterocycles. The van der Waals surface area contributed by atoms with E-state index in [2.05, 4.69) is 10.4 Å². The van der Waals surface area contributed by atoms with Crippen molar-refractivity contribution in [1.82, 2.24) is 15.1 Å². The van der Waals surface area contributed by atoms with E-state index in [9.17, 15) is 14.0 Å². The Hall–Kier alpha value is -3.80. The van der Waals surface area contributed by atoms with Gasteiger partial charge in [0.05, 0.1) is 18.7 Å². The minimum absolute atomic E-state index is 0.117. The van der Waals surface area contributed by atoms with Gasteiger partial charge in [-0.05, 0) is 46.7 Å². The molecule has 0 saturated heterocycles. The van der Waals surface area contributed by atoms with Crippen molar-refractivity contribution in [3.63, 3.8) is 0 Å². The minimum atomic E-state index is -0.332. The Kier molecular flexibility index (Phi) is 5.66. The number of hydrogen-bond acceptors (Lipinski definition) is 3. The molecule has 0 radical (unpaired) electrons. The quantitative estimate of drug-likeness (QED) is 0.537. The Morgan fingerprint density at radius 2 is 1.70 bits per heavy atom. The van der Waals surface area contributed by atoms with Gasteiger partial charge < -0.3 is 5.32 Å². The molecule has 0 saturated carbocycles. The van der Waals surface area contributed by atoms with Crippen molar-refractivity contribution >= 4 is 16.7 Å². The number of amides is 1. The van der Waals surface area contributed by atoms with E-state index in [0.29, 0.717) is 11.3 Å². The van der Waals surface area contributed by atoms with E-state index in [-0.39, 0.29) is 36.8 Å². The van der Waals surface area contributed by atoms with Gasteiger partial charge >= 0.3 is 0 Å². The molecular weight excluding hydrogens is 381 g/mol. The fourth-order valence-electron chi connectivity index (χ4n) is 3.37. The molecule has 150 valence electrons. The van der Waals surface area contributed by atoms with Crippen molar-refractivity contribution in [3.05, 3.63) is 101 Å². The van der Waals surface area contributed by atoms with Gasteiger partial charge in [0, 0.05) is 18.2 Å². The Balaban J connectivity index is 1.40. The minimum Gasteiger partial charge on any atom is -0.354 e. The standard InChI is InChI=1S/C24H20FN3O2/c25-20-10-8-18(9-11-20)22-12-13-24(30)28(27-22)15-14-26-23(29)16-19-6-3-5-17-4-1-2-7-21(17)19/h1-13H,14-16H2,(H,26,29). The van der Waals surface area contributed by atoms with Crippen LogP contribution in [0.15, 0.2) is 83.7 Å². The lowest BCUT2D eigenvalue weighted by Gasteiger charge is -2.10. The van der Waals surface area contributed by atoms with Crippen molar-refractivity contribution in [2.75, 3.05) is 6.54 Å². The molecule has 0 aliphatic rings. The van der Waals surface area contributed by atoms with E-state index in [1.807, 2.05) is 42.5 Å². The third kappa shape index (κ3) is 4.43. The predicted octanol–water partition coefficient (Wildman–Crippen LogP) is 3.56. The van der Waals surface area contributed by atoms with Crippen molar-refractivity contribution in [2.45, 2.75) is 13.0 Å². The van der Waals surface area contributed by atoms with Gasteiger partial charge in [-0.25, -0.2) is 9.07 Å². The Labute approximate surface area is 172 Å². The number of carbonyl (C=O) groups excluding carboxylic acids is 1. The molecule has 1 heterocycles. The number of aromatic nitrogens is 2. The maximum Gasteiger partial charge on any atom is 0.266 e. The molecule has 0 unspecified atom stereocenters. The van der Waals surface area contributed by atoms with Crippen molar-refractivity contribution in [1.29, 1.82) is 0 Å². The lowest BCUT2D eigenvalue weighted by atomic mass is 10.0. The van der Waals surface area contributed by atoms with Crippen LogP contribution in [0.4, 0.5) is 4.39 Å². The first-order valence-corrected chi connectivity index (χ1v) is 9.67. The highest BCUT2D eigenvalue weighted by molar-refractivity contribution is 5.90. The highest BCUT2D eigenvalue weighted by Gasteiger charge is 2.08. The summed E-state index contributed by atoms with van der Waals surface area (Å²) in [6.45, 7) is 0.526. The molecule has 4 aromatic rings. The van der Waals surface area contributed by atoms with Gasteiger partial charge in [0.15, 0.2) is 0 Å². The number of nitrogens with one attached hydrogen (secondary N) is 1. The third-order valence-corrected chi connectivity index (χ3v) is 4.88. The first-order chi connectivity index (χ1) is 14.6. The lowest BCUT2D eigenvalue weighted by Crippen LogP contribution is -2.32. The molecular formula is C24H20FN3O2. The predicted molar refractivity (Wildman–Crippen MR) is 115 cm³/mol. The number of nitrogens with zero attached hydrogens (tertiary/aromatic N) is 2. The average Bonchev–Trinajstić information content (AvgIpc) is 2.76. The third-order valence-electron chi connectivity index (χ3n) is 4.88. The molecule has 1 amide bonds. The van der Waals surface area contributed by atoms with Crippen LogP contribution in [-0.2, 0) is 17.8 Å². The molecule has 0 aliphatic carbocycles. The highest BCUT2D eigenvalue weighted by atomic mass is 19.1. The zero-order valence-electron chi connectivity index (χ0n) is 16.2. The van der Waals surface area contributed by atoms with Crippen LogP contribution in [0.3, 0.4) is 0 Å². The number of halogens is 1. The second-order valence-electron chi connectivity index (χ2n) is 6.95. The second kappa shape index (κ2) is 8.69. The first kappa shape index (κ1) is 19.5. The summed E-state index contributed by atoms with van der Waals surface area (Å²) < 4.78 is 14.4. The van der Waals surface area contributed by atoms with E-state index in [1.54, 1.807) is 18.2 Å². The topological polar surface area (TPSA) is 64.0 Å². The summed E-state index contributed by atoms with van der Waals surface area (Å²) in [6, 6.07) is 22.8. The molecule has 0 atom stereocenters. The monoisotopic (exact) mass is 401 g/mol. The summed E-state index contributed by atoms with van der Waals surface area (Å²) in [6.07, 6.45) is 0.263. The number of rotatable bonds is 6. The van der Waals surface area contributed by atoms with Gasteiger partial charge in [-0.3, -0.25) is 9.59 Å². The lowest BCUT2D eigenvalue weighted by molar-refractivity contribution is -0.120. The zero-order valence-corrected chi connectivity index (χ0v) is 16.2. The number of fused-ring (bicyclic) bond motifs is 1. The van der Waals surface area contributed by atoms with E-state index < -0.39 is 0 Å². The maximum absolute atomic E-state index is 13.1. The van der Waals surface area contributed by atoms with Crippen molar-refractivity contribution in [3.8, 4) is 11.3 Å². The van der Waals surface area contributed by atoms with Gasteiger partial charge in [0.2, 0.25) is 5.91 Å². The number of hydrogen-bond donors (Lipinski definition) is 1. The summed E-state index contributed by atoms with van der Waals surface area (Å²) in [5, 5.41) is 9.32. The largest absolute Gasteiger partial charge is 0.354 e.